The molecule has 0 radical (unpaired) electrons. The lowest BCUT2D eigenvalue weighted by Crippen LogP contribution is -2.15. The molecule has 0 bridgehead atoms. The molecule has 2 heterocycles. The molecule has 136 valence electrons. The summed E-state index contributed by atoms with van der Waals surface area (Å²) in [5.41, 5.74) is 2.88. The van der Waals surface area contributed by atoms with E-state index < -0.39 is 0 Å². The van der Waals surface area contributed by atoms with Crippen LogP contribution in [0.25, 0.3) is 16.9 Å². The van der Waals surface area contributed by atoms with Crippen molar-refractivity contribution in [2.75, 3.05) is 6.61 Å². The molecule has 3 aromatic rings. The van der Waals surface area contributed by atoms with Crippen LogP contribution in [0.15, 0.2) is 29.1 Å². The highest BCUT2D eigenvalue weighted by Gasteiger charge is 2.20. The van der Waals surface area contributed by atoms with Gasteiger partial charge in [-0.05, 0) is 37.5 Å². The van der Waals surface area contributed by atoms with Gasteiger partial charge in [-0.1, -0.05) is 32.4 Å². The maximum absolute atomic E-state index is 12.7. The van der Waals surface area contributed by atoms with Crippen LogP contribution < -0.4 is 10.3 Å². The quantitative estimate of drug-likeness (QED) is 0.659. The van der Waals surface area contributed by atoms with E-state index in [9.17, 15) is 9.59 Å². The van der Waals surface area contributed by atoms with Gasteiger partial charge in [0, 0.05) is 5.56 Å². The summed E-state index contributed by atoms with van der Waals surface area (Å²) < 4.78 is 7.41. The highest BCUT2D eigenvalue weighted by Crippen LogP contribution is 2.28. The highest BCUT2D eigenvalue weighted by atomic mass is 16.5. The summed E-state index contributed by atoms with van der Waals surface area (Å²) in [6, 6.07) is 7.49. The number of aromatic nitrogens is 3. The lowest BCUT2D eigenvalue weighted by Gasteiger charge is -2.11. The number of para-hydroxylation sites is 1. The van der Waals surface area contributed by atoms with Gasteiger partial charge in [0.15, 0.2) is 12.1 Å². The molecule has 0 saturated carbocycles. The second-order valence-corrected chi connectivity index (χ2v) is 6.26. The van der Waals surface area contributed by atoms with Crippen LogP contribution in [-0.4, -0.2) is 27.5 Å². The number of H-pyrrole nitrogens is 1. The van der Waals surface area contributed by atoms with Crippen LogP contribution in [0.4, 0.5) is 0 Å². The molecule has 0 atom stereocenters. The van der Waals surface area contributed by atoms with E-state index in [-0.39, 0.29) is 5.56 Å². The van der Waals surface area contributed by atoms with E-state index in [2.05, 4.69) is 10.1 Å². The molecule has 0 amide bonds. The molecule has 0 saturated heterocycles. The van der Waals surface area contributed by atoms with Gasteiger partial charge in [0.2, 0.25) is 0 Å². The number of carbonyl (C=O) groups excluding carboxylic acids is 1. The summed E-state index contributed by atoms with van der Waals surface area (Å²) in [5, 5.41) is 4.65. The number of aldehydes is 1. The van der Waals surface area contributed by atoms with Crippen LogP contribution in [0.5, 0.6) is 5.75 Å². The number of nitrogens with one attached hydrogen (secondary N) is 1. The maximum Gasteiger partial charge on any atom is 0.275 e. The van der Waals surface area contributed by atoms with Crippen LogP contribution in [0, 0.1) is 6.92 Å². The lowest BCUT2D eigenvalue weighted by atomic mass is 10.1. The van der Waals surface area contributed by atoms with Crippen molar-refractivity contribution in [1.82, 2.24) is 14.6 Å². The minimum atomic E-state index is -0.261. The Hall–Kier alpha value is -2.89. The normalized spacial score (nSPS) is 11.0. The summed E-state index contributed by atoms with van der Waals surface area (Å²) in [7, 11) is 0. The van der Waals surface area contributed by atoms with Gasteiger partial charge in [-0.2, -0.15) is 0 Å². The average molecular weight is 353 g/mol. The number of hydrogen-bond donors (Lipinski definition) is 1. The van der Waals surface area contributed by atoms with E-state index in [1.165, 1.54) is 0 Å². The van der Waals surface area contributed by atoms with E-state index in [0.29, 0.717) is 41.2 Å². The van der Waals surface area contributed by atoms with Crippen molar-refractivity contribution in [2.45, 2.75) is 40.0 Å². The Morgan fingerprint density at radius 3 is 2.69 bits per heavy atom. The van der Waals surface area contributed by atoms with E-state index in [1.54, 1.807) is 11.4 Å². The van der Waals surface area contributed by atoms with E-state index in [1.807, 2.05) is 38.1 Å². The topological polar surface area (TPSA) is 76.5 Å². The number of fused-ring (bicyclic) bond motifs is 1. The van der Waals surface area contributed by atoms with Gasteiger partial charge in [-0.3, -0.25) is 9.59 Å². The second kappa shape index (κ2) is 7.56. The second-order valence-electron chi connectivity index (χ2n) is 6.26. The molecule has 2 aromatic heterocycles. The molecule has 0 unspecified atom stereocenters. The summed E-state index contributed by atoms with van der Waals surface area (Å²) >= 11 is 0. The number of carbonyl (C=O) groups is 1. The molecule has 0 aliphatic rings. The molecule has 6 heteroatoms. The number of benzene rings is 1. The summed E-state index contributed by atoms with van der Waals surface area (Å²) in [6.07, 6.45) is 3.23. The Balaban J connectivity index is 2.26. The van der Waals surface area contributed by atoms with Crippen molar-refractivity contribution in [3.8, 4) is 17.1 Å². The molecule has 0 spiro atoms. The van der Waals surface area contributed by atoms with Gasteiger partial charge in [-0.25, -0.2) is 4.52 Å². The van der Waals surface area contributed by atoms with Crippen molar-refractivity contribution in [3.05, 3.63) is 51.4 Å². The zero-order chi connectivity index (χ0) is 18.7. The largest absolute Gasteiger partial charge is 0.493 e. The number of hydrogen-bond acceptors (Lipinski definition) is 4. The molecule has 6 nitrogen and oxygen atoms in total. The third kappa shape index (κ3) is 3.03. The monoisotopic (exact) mass is 353 g/mol. The molecular formula is C20H23N3O3. The van der Waals surface area contributed by atoms with Gasteiger partial charge < -0.3 is 9.72 Å². The first-order chi connectivity index (χ1) is 12.6. The minimum Gasteiger partial charge on any atom is -0.493 e. The molecular weight excluding hydrogens is 330 g/mol. The first-order valence-electron chi connectivity index (χ1n) is 8.94. The van der Waals surface area contributed by atoms with Crippen LogP contribution in [0.3, 0.4) is 0 Å². The Bertz CT molecular complexity index is 1000. The molecule has 3 rings (SSSR count). The molecule has 26 heavy (non-hydrogen) atoms. The fraction of sp³-hybridized carbons (Fsp3) is 0.350. The van der Waals surface area contributed by atoms with Crippen molar-refractivity contribution in [1.29, 1.82) is 0 Å². The predicted octanol–water partition coefficient (Wildman–Crippen LogP) is 3.55. The fourth-order valence-electron chi connectivity index (χ4n) is 3.18. The summed E-state index contributed by atoms with van der Waals surface area (Å²) in [5.74, 6) is 1.10. The van der Waals surface area contributed by atoms with Gasteiger partial charge in [0.05, 0.1) is 17.9 Å². The Morgan fingerprint density at radius 2 is 2.00 bits per heavy atom. The Morgan fingerprint density at radius 1 is 1.23 bits per heavy atom. The van der Waals surface area contributed by atoms with Crippen LogP contribution in [-0.2, 0) is 6.42 Å². The first kappa shape index (κ1) is 17.9. The average Bonchev–Trinajstić information content (AvgIpc) is 2.92. The fourth-order valence-corrected chi connectivity index (χ4v) is 3.18. The molecule has 0 aliphatic heterocycles. The predicted molar refractivity (Wildman–Crippen MR) is 101 cm³/mol. The molecule has 1 aromatic carbocycles. The van der Waals surface area contributed by atoms with Crippen molar-refractivity contribution < 1.29 is 9.53 Å². The highest BCUT2D eigenvalue weighted by molar-refractivity contribution is 5.84. The standard InChI is InChI=1S/C20H23N3O3/c1-4-8-16-15(12-24)13(3)18-20(25)21-19(22-23(16)18)14-9-6-7-10-17(14)26-11-5-2/h6-7,9-10,12H,4-5,8,11H2,1-3H3,(H,21,22,25). The van der Waals surface area contributed by atoms with E-state index >= 15 is 0 Å². The first-order valence-corrected chi connectivity index (χ1v) is 8.94. The minimum absolute atomic E-state index is 0.261. The number of nitrogens with zero attached hydrogens (tertiary/aromatic N) is 2. The Kier molecular flexibility index (Phi) is 5.21. The van der Waals surface area contributed by atoms with Gasteiger partial charge in [0.25, 0.3) is 5.56 Å². The zero-order valence-electron chi connectivity index (χ0n) is 15.3. The van der Waals surface area contributed by atoms with Gasteiger partial charge in [0.1, 0.15) is 11.3 Å². The summed E-state index contributed by atoms with van der Waals surface area (Å²) in [6.45, 7) is 6.44. The SMILES string of the molecule is CCCOc1ccccc1-c1nn2c(CCC)c(C=O)c(C)c2c(=O)[nH]1. The Labute approximate surface area is 151 Å². The van der Waals surface area contributed by atoms with Crippen LogP contribution in [0.1, 0.15) is 48.3 Å². The van der Waals surface area contributed by atoms with Crippen molar-refractivity contribution in [3.63, 3.8) is 0 Å². The number of ether oxygens (including phenoxy) is 1. The third-order valence-corrected chi connectivity index (χ3v) is 4.39. The van der Waals surface area contributed by atoms with Crippen LogP contribution >= 0.6 is 0 Å². The smallest absolute Gasteiger partial charge is 0.275 e. The number of aromatic amines is 1. The molecule has 1 N–H and O–H groups in total. The summed E-state index contributed by atoms with van der Waals surface area (Å²) in [4.78, 5) is 27.1. The van der Waals surface area contributed by atoms with Crippen molar-refractivity contribution >= 4 is 11.8 Å². The molecule has 0 fully saturated rings. The van der Waals surface area contributed by atoms with Gasteiger partial charge in [-0.15, -0.1) is 5.10 Å². The van der Waals surface area contributed by atoms with Crippen LogP contribution in [0.2, 0.25) is 0 Å². The number of rotatable bonds is 7. The number of aryl methyl sites for hydroxylation is 2. The molecule has 0 aliphatic carbocycles. The lowest BCUT2D eigenvalue weighted by molar-refractivity contribution is 0.112. The van der Waals surface area contributed by atoms with Crippen molar-refractivity contribution in [2.24, 2.45) is 0 Å². The van der Waals surface area contributed by atoms with E-state index in [4.69, 9.17) is 4.74 Å². The zero-order valence-corrected chi connectivity index (χ0v) is 15.3. The van der Waals surface area contributed by atoms with Gasteiger partial charge >= 0.3 is 0 Å². The maximum atomic E-state index is 12.7. The van der Waals surface area contributed by atoms with E-state index in [0.717, 1.165) is 30.4 Å². The third-order valence-electron chi connectivity index (χ3n) is 4.39.